The molecule has 3 heterocycles. The van der Waals surface area contributed by atoms with Crippen molar-refractivity contribution in [2.75, 3.05) is 19.7 Å². The average molecular weight is 474 g/mol. The third-order valence-corrected chi connectivity index (χ3v) is 8.15. The number of para-hydroxylation sites is 2. The highest BCUT2D eigenvalue weighted by Crippen LogP contribution is 2.38. The van der Waals surface area contributed by atoms with Crippen molar-refractivity contribution < 1.29 is 9.53 Å². The molecule has 0 saturated carbocycles. The molecular formula is C30H39N3O2. The van der Waals surface area contributed by atoms with Gasteiger partial charge in [-0.05, 0) is 81.3 Å². The summed E-state index contributed by atoms with van der Waals surface area (Å²) < 4.78 is 6.10. The molecule has 3 aromatic rings. The first-order valence-corrected chi connectivity index (χ1v) is 13.4. The fraction of sp³-hybridized carbons (Fsp3) is 0.500. The number of piperidine rings is 1. The van der Waals surface area contributed by atoms with Crippen molar-refractivity contribution in [3.63, 3.8) is 0 Å². The number of aromatic nitrogens is 1. The van der Waals surface area contributed by atoms with Crippen LogP contribution in [0.5, 0.6) is 5.75 Å². The maximum Gasteiger partial charge on any atom is 0.226 e. The minimum absolute atomic E-state index is 0.0103. The van der Waals surface area contributed by atoms with Crippen molar-refractivity contribution in [1.82, 2.24) is 15.2 Å². The van der Waals surface area contributed by atoms with Crippen LogP contribution < -0.4 is 10.1 Å². The van der Waals surface area contributed by atoms with E-state index in [0.29, 0.717) is 6.61 Å². The topological polar surface area (TPSA) is 57.4 Å². The Morgan fingerprint density at radius 1 is 1.03 bits per heavy atom. The molecule has 1 spiro atoms. The van der Waals surface area contributed by atoms with Crippen LogP contribution in [0.2, 0.25) is 0 Å². The Balaban J connectivity index is 1.26. The van der Waals surface area contributed by atoms with Gasteiger partial charge in [-0.15, -0.1) is 0 Å². The number of rotatable bonds is 3. The van der Waals surface area contributed by atoms with Crippen molar-refractivity contribution in [2.24, 2.45) is 5.41 Å². The van der Waals surface area contributed by atoms with Crippen LogP contribution in [0.25, 0.3) is 10.9 Å². The summed E-state index contributed by atoms with van der Waals surface area (Å²) in [6, 6.07) is 14.9. The van der Waals surface area contributed by atoms with Gasteiger partial charge in [0.25, 0.3) is 0 Å². The highest BCUT2D eigenvalue weighted by molar-refractivity contribution is 5.86. The lowest BCUT2D eigenvalue weighted by Gasteiger charge is -2.41. The summed E-state index contributed by atoms with van der Waals surface area (Å²) in [5.74, 6) is 1.18. The van der Waals surface area contributed by atoms with Crippen molar-refractivity contribution in [2.45, 2.75) is 71.4 Å². The van der Waals surface area contributed by atoms with Crippen molar-refractivity contribution in [3.05, 3.63) is 65.4 Å². The first kappa shape index (κ1) is 23.9. The van der Waals surface area contributed by atoms with Gasteiger partial charge in [0.15, 0.2) is 0 Å². The number of amides is 1. The first-order valence-electron chi connectivity index (χ1n) is 13.4. The molecule has 2 aliphatic rings. The maximum absolute atomic E-state index is 13.5. The normalized spacial score (nSPS) is 21.5. The van der Waals surface area contributed by atoms with Gasteiger partial charge in [-0.2, -0.15) is 0 Å². The van der Waals surface area contributed by atoms with Crippen LogP contribution in [0.3, 0.4) is 0 Å². The number of nitrogens with one attached hydrogen (secondary N) is 2. The molecule has 0 aliphatic carbocycles. The molecule has 1 fully saturated rings. The lowest BCUT2D eigenvalue weighted by atomic mass is 9.73. The monoisotopic (exact) mass is 473 g/mol. The van der Waals surface area contributed by atoms with E-state index in [1.807, 2.05) is 12.1 Å². The largest absolute Gasteiger partial charge is 0.491 e. The maximum atomic E-state index is 13.5. The van der Waals surface area contributed by atoms with Gasteiger partial charge in [0.2, 0.25) is 5.91 Å². The van der Waals surface area contributed by atoms with Gasteiger partial charge in [0, 0.05) is 23.6 Å². The summed E-state index contributed by atoms with van der Waals surface area (Å²) in [5.41, 5.74) is 5.02. The second-order valence-electron chi connectivity index (χ2n) is 10.6. The molecule has 1 atom stereocenters. The number of aryl methyl sites for hydroxylation is 2. The summed E-state index contributed by atoms with van der Waals surface area (Å²) in [6.45, 7) is 7.62. The summed E-state index contributed by atoms with van der Waals surface area (Å²) in [6.07, 6.45) is 9.19. The fourth-order valence-corrected chi connectivity index (χ4v) is 5.93. The Kier molecular flexibility index (Phi) is 7.14. The van der Waals surface area contributed by atoms with Gasteiger partial charge in [0.1, 0.15) is 12.4 Å². The zero-order valence-corrected chi connectivity index (χ0v) is 21.2. The molecule has 1 saturated heterocycles. The number of fused-ring (bicyclic) bond motifs is 2. The second kappa shape index (κ2) is 10.4. The van der Waals surface area contributed by atoms with Gasteiger partial charge in [-0.3, -0.25) is 9.69 Å². The molecule has 0 bridgehead atoms. The minimum atomic E-state index is -0.265. The molecule has 186 valence electrons. The number of likely N-dealkylation sites (tertiary alicyclic amines) is 1. The van der Waals surface area contributed by atoms with E-state index in [1.165, 1.54) is 27.6 Å². The molecule has 2 aromatic carbocycles. The van der Waals surface area contributed by atoms with E-state index in [0.717, 1.165) is 70.3 Å². The molecule has 0 unspecified atom stereocenters. The van der Waals surface area contributed by atoms with Crippen LogP contribution in [-0.4, -0.2) is 41.5 Å². The van der Waals surface area contributed by atoms with E-state index in [9.17, 15) is 4.79 Å². The number of benzene rings is 2. The SMILES string of the molecule is CCc1cccc2c(CN3CCC4(CCCCc5ccccc5OC[C@@H](C)NC4=O)CC3)c[nH]c12. The number of ether oxygens (including phenoxy) is 1. The third kappa shape index (κ3) is 5.11. The van der Waals surface area contributed by atoms with Crippen LogP contribution in [0.15, 0.2) is 48.7 Å². The van der Waals surface area contributed by atoms with Crippen molar-refractivity contribution in [1.29, 1.82) is 0 Å². The van der Waals surface area contributed by atoms with Crippen LogP contribution in [0.4, 0.5) is 0 Å². The number of nitrogens with zero attached hydrogens (tertiary/aromatic N) is 1. The summed E-state index contributed by atoms with van der Waals surface area (Å²) in [5, 5.41) is 4.63. The zero-order valence-electron chi connectivity index (χ0n) is 21.2. The average Bonchev–Trinajstić information content (AvgIpc) is 3.29. The van der Waals surface area contributed by atoms with Crippen LogP contribution >= 0.6 is 0 Å². The van der Waals surface area contributed by atoms with E-state index in [1.54, 1.807) is 0 Å². The van der Waals surface area contributed by atoms with E-state index in [-0.39, 0.29) is 17.4 Å². The number of hydrogen-bond donors (Lipinski definition) is 2. The van der Waals surface area contributed by atoms with Gasteiger partial charge in [-0.25, -0.2) is 0 Å². The Hall–Kier alpha value is -2.79. The zero-order chi connectivity index (χ0) is 24.3. The molecule has 5 heteroatoms. The summed E-state index contributed by atoms with van der Waals surface area (Å²) in [4.78, 5) is 19.6. The Morgan fingerprint density at radius 2 is 1.86 bits per heavy atom. The smallest absolute Gasteiger partial charge is 0.226 e. The lowest BCUT2D eigenvalue weighted by molar-refractivity contribution is -0.135. The number of aromatic amines is 1. The molecular weight excluding hydrogens is 434 g/mol. The highest BCUT2D eigenvalue weighted by Gasteiger charge is 2.41. The second-order valence-corrected chi connectivity index (χ2v) is 10.6. The number of carbonyl (C=O) groups excluding carboxylic acids is 1. The Morgan fingerprint density at radius 3 is 2.69 bits per heavy atom. The van der Waals surface area contributed by atoms with Crippen molar-refractivity contribution >= 4 is 16.8 Å². The molecule has 2 N–H and O–H groups in total. The molecule has 35 heavy (non-hydrogen) atoms. The van der Waals surface area contributed by atoms with Crippen LogP contribution in [0, 0.1) is 5.41 Å². The van der Waals surface area contributed by atoms with Crippen LogP contribution in [0.1, 0.15) is 62.6 Å². The molecule has 2 aliphatic heterocycles. The van der Waals surface area contributed by atoms with Crippen molar-refractivity contribution in [3.8, 4) is 5.75 Å². The number of hydrogen-bond acceptors (Lipinski definition) is 3. The summed E-state index contributed by atoms with van der Waals surface area (Å²) in [7, 11) is 0. The van der Waals surface area contributed by atoms with E-state index < -0.39 is 0 Å². The predicted octanol–water partition coefficient (Wildman–Crippen LogP) is 5.62. The van der Waals surface area contributed by atoms with Gasteiger partial charge in [0.05, 0.1) is 11.5 Å². The number of carbonyl (C=O) groups is 1. The quantitative estimate of drug-likeness (QED) is 0.519. The van der Waals surface area contributed by atoms with Gasteiger partial charge in [-0.1, -0.05) is 49.7 Å². The van der Waals surface area contributed by atoms with Gasteiger partial charge >= 0.3 is 0 Å². The predicted molar refractivity (Wildman–Crippen MR) is 142 cm³/mol. The fourth-order valence-electron chi connectivity index (χ4n) is 5.93. The number of H-pyrrole nitrogens is 1. The minimum Gasteiger partial charge on any atom is -0.491 e. The highest BCUT2D eigenvalue weighted by atomic mass is 16.5. The van der Waals surface area contributed by atoms with E-state index in [4.69, 9.17) is 4.74 Å². The van der Waals surface area contributed by atoms with Crippen LogP contribution in [-0.2, 0) is 24.2 Å². The lowest BCUT2D eigenvalue weighted by Crippen LogP contribution is -2.51. The standard InChI is InChI=1S/C30H39N3O2/c1-3-23-11-8-12-26-25(19-31-28(23)26)20-33-17-15-30(16-18-33)14-7-6-10-24-9-4-5-13-27(24)35-21-22(2)32-29(30)34/h4-5,8-9,11-13,19,22,31H,3,6-7,10,14-18,20-21H2,1-2H3,(H,32,34)/t22-/m1/s1. The molecule has 1 amide bonds. The molecule has 0 radical (unpaired) electrons. The van der Waals surface area contributed by atoms with Gasteiger partial charge < -0.3 is 15.0 Å². The first-order chi connectivity index (χ1) is 17.1. The van der Waals surface area contributed by atoms with E-state index >= 15 is 0 Å². The molecule has 5 rings (SSSR count). The molecule has 5 nitrogen and oxygen atoms in total. The summed E-state index contributed by atoms with van der Waals surface area (Å²) >= 11 is 0. The third-order valence-electron chi connectivity index (χ3n) is 8.15. The molecule has 1 aromatic heterocycles. The Labute approximate surface area is 209 Å². The van der Waals surface area contributed by atoms with E-state index in [2.05, 4.69) is 65.6 Å². The Bertz CT molecular complexity index is 1160.